The van der Waals surface area contributed by atoms with Crippen molar-refractivity contribution in [2.75, 3.05) is 0 Å². The molecule has 0 bridgehead atoms. The maximum Gasteiger partial charge on any atom is 0.423 e. The zero-order valence-electron chi connectivity index (χ0n) is 8.28. The SMILES string of the molecule is CC(C)(C)n1nc(F)c(C(F)(F)F)c1Br. The first-order valence-electron chi connectivity index (χ1n) is 4.07. The Bertz CT molecular complexity index is 375. The number of nitrogens with zero attached hydrogens (tertiary/aromatic N) is 2. The first-order chi connectivity index (χ1) is 6.55. The van der Waals surface area contributed by atoms with Crippen molar-refractivity contribution in [3.8, 4) is 0 Å². The molecule has 1 aromatic rings. The van der Waals surface area contributed by atoms with Crippen molar-refractivity contribution in [3.05, 3.63) is 16.1 Å². The first kappa shape index (κ1) is 12.5. The summed E-state index contributed by atoms with van der Waals surface area (Å²) in [5.41, 5.74) is -2.08. The van der Waals surface area contributed by atoms with Crippen molar-refractivity contribution in [1.82, 2.24) is 9.78 Å². The van der Waals surface area contributed by atoms with E-state index in [1.54, 1.807) is 20.8 Å². The second kappa shape index (κ2) is 3.47. The van der Waals surface area contributed by atoms with Gasteiger partial charge < -0.3 is 0 Å². The lowest BCUT2D eigenvalue weighted by atomic mass is 10.1. The summed E-state index contributed by atoms with van der Waals surface area (Å²) in [6.07, 6.45) is -4.74. The number of halogens is 5. The highest BCUT2D eigenvalue weighted by molar-refractivity contribution is 9.10. The minimum Gasteiger partial charge on any atom is -0.250 e. The van der Waals surface area contributed by atoms with Gasteiger partial charge in [0.2, 0.25) is 5.95 Å². The molecule has 0 radical (unpaired) electrons. The number of rotatable bonds is 0. The minimum atomic E-state index is -4.74. The van der Waals surface area contributed by atoms with Crippen LogP contribution in [-0.4, -0.2) is 9.78 Å². The average Bonchev–Trinajstić information content (AvgIpc) is 2.22. The summed E-state index contributed by atoms with van der Waals surface area (Å²) in [7, 11) is 0. The Kier molecular flexibility index (Phi) is 2.88. The Morgan fingerprint density at radius 1 is 1.20 bits per heavy atom. The molecule has 1 aromatic heterocycles. The van der Waals surface area contributed by atoms with E-state index in [2.05, 4.69) is 21.0 Å². The van der Waals surface area contributed by atoms with Gasteiger partial charge >= 0.3 is 6.18 Å². The fourth-order valence-electron chi connectivity index (χ4n) is 1.05. The van der Waals surface area contributed by atoms with Crippen LogP contribution in [-0.2, 0) is 11.7 Å². The van der Waals surface area contributed by atoms with E-state index in [1.807, 2.05) is 0 Å². The smallest absolute Gasteiger partial charge is 0.250 e. The van der Waals surface area contributed by atoms with Crippen molar-refractivity contribution in [2.45, 2.75) is 32.5 Å². The molecule has 0 saturated heterocycles. The Morgan fingerprint density at radius 2 is 1.67 bits per heavy atom. The fraction of sp³-hybridized carbons (Fsp3) is 0.625. The summed E-state index contributed by atoms with van der Waals surface area (Å²) >= 11 is 2.71. The van der Waals surface area contributed by atoms with Gasteiger partial charge in [-0.05, 0) is 36.7 Å². The van der Waals surface area contributed by atoms with Crippen LogP contribution in [0, 0.1) is 5.95 Å². The molecule has 0 aliphatic rings. The van der Waals surface area contributed by atoms with Gasteiger partial charge in [-0.25, -0.2) is 4.68 Å². The number of hydrogen-bond acceptors (Lipinski definition) is 1. The van der Waals surface area contributed by atoms with Gasteiger partial charge in [0.15, 0.2) is 0 Å². The Hall–Kier alpha value is -0.590. The zero-order valence-corrected chi connectivity index (χ0v) is 9.87. The van der Waals surface area contributed by atoms with Gasteiger partial charge in [0, 0.05) is 0 Å². The average molecular weight is 289 g/mol. The van der Waals surface area contributed by atoms with E-state index < -0.39 is 23.2 Å². The summed E-state index contributed by atoms with van der Waals surface area (Å²) < 4.78 is 50.8. The highest BCUT2D eigenvalue weighted by Crippen LogP contribution is 2.38. The molecule has 0 aliphatic heterocycles. The molecular weight excluding hydrogens is 280 g/mol. The van der Waals surface area contributed by atoms with Crippen molar-refractivity contribution in [2.24, 2.45) is 0 Å². The summed E-state index contributed by atoms with van der Waals surface area (Å²) in [6, 6.07) is 0. The molecule has 0 unspecified atom stereocenters. The largest absolute Gasteiger partial charge is 0.423 e. The van der Waals surface area contributed by atoms with Crippen molar-refractivity contribution in [3.63, 3.8) is 0 Å². The Morgan fingerprint density at radius 3 is 1.87 bits per heavy atom. The van der Waals surface area contributed by atoms with Crippen LogP contribution in [0.15, 0.2) is 4.60 Å². The lowest BCUT2D eigenvalue weighted by Gasteiger charge is -2.20. The molecular formula is C8H9BrF4N2. The third kappa shape index (κ3) is 2.32. The fourth-order valence-corrected chi connectivity index (χ4v) is 2.05. The van der Waals surface area contributed by atoms with Gasteiger partial charge in [0.1, 0.15) is 10.2 Å². The molecule has 0 amide bonds. The molecule has 0 saturated carbocycles. The predicted octanol–water partition coefficient (Wildman–Crippen LogP) is 3.56. The third-order valence-electron chi connectivity index (χ3n) is 1.71. The number of hydrogen-bond donors (Lipinski definition) is 0. The van der Waals surface area contributed by atoms with E-state index in [-0.39, 0.29) is 4.60 Å². The lowest BCUT2D eigenvalue weighted by Crippen LogP contribution is -2.23. The Labute approximate surface area is 92.4 Å². The molecule has 2 nitrogen and oxygen atoms in total. The van der Waals surface area contributed by atoms with Gasteiger partial charge in [-0.3, -0.25) is 0 Å². The van der Waals surface area contributed by atoms with Gasteiger partial charge in [0.05, 0.1) is 5.54 Å². The third-order valence-corrected chi connectivity index (χ3v) is 2.44. The lowest BCUT2D eigenvalue weighted by molar-refractivity contribution is -0.140. The molecule has 1 rings (SSSR count). The van der Waals surface area contributed by atoms with Crippen LogP contribution in [0.3, 0.4) is 0 Å². The quantitative estimate of drug-likeness (QED) is 0.668. The Balaban J connectivity index is 3.41. The minimum absolute atomic E-state index is 0.389. The number of aromatic nitrogens is 2. The monoisotopic (exact) mass is 288 g/mol. The normalized spacial score (nSPS) is 13.3. The van der Waals surface area contributed by atoms with E-state index in [9.17, 15) is 17.6 Å². The summed E-state index contributed by atoms with van der Waals surface area (Å²) in [5.74, 6) is -1.51. The molecule has 0 spiro atoms. The second-order valence-electron chi connectivity index (χ2n) is 4.04. The maximum atomic E-state index is 13.0. The van der Waals surface area contributed by atoms with Crippen LogP contribution in [0.2, 0.25) is 0 Å². The zero-order chi connectivity index (χ0) is 12.0. The van der Waals surface area contributed by atoms with Crippen LogP contribution < -0.4 is 0 Å². The molecule has 0 atom stereocenters. The summed E-state index contributed by atoms with van der Waals surface area (Å²) in [5, 5.41) is 3.23. The maximum absolute atomic E-state index is 13.0. The molecule has 0 N–H and O–H groups in total. The van der Waals surface area contributed by atoms with Crippen molar-refractivity contribution < 1.29 is 17.6 Å². The van der Waals surface area contributed by atoms with Gasteiger partial charge in [-0.1, -0.05) is 0 Å². The van der Waals surface area contributed by atoms with Gasteiger partial charge in [-0.2, -0.15) is 17.6 Å². The summed E-state index contributed by atoms with van der Waals surface area (Å²) in [6.45, 7) is 4.89. The molecule has 0 aliphatic carbocycles. The van der Waals surface area contributed by atoms with E-state index in [0.717, 1.165) is 4.68 Å². The standard InChI is InChI=1S/C8H9BrF4N2/c1-7(2,3)15-5(9)4(6(10)14-15)8(11,12)13/h1-3H3. The second-order valence-corrected chi connectivity index (χ2v) is 4.79. The molecule has 1 heterocycles. The van der Waals surface area contributed by atoms with E-state index in [1.165, 1.54) is 0 Å². The van der Waals surface area contributed by atoms with Crippen molar-refractivity contribution >= 4 is 15.9 Å². The van der Waals surface area contributed by atoms with Crippen LogP contribution in [0.25, 0.3) is 0 Å². The predicted molar refractivity (Wildman–Crippen MR) is 49.9 cm³/mol. The molecule has 0 fully saturated rings. The van der Waals surface area contributed by atoms with Gasteiger partial charge in [-0.15, -0.1) is 5.10 Å². The highest BCUT2D eigenvalue weighted by atomic mass is 79.9. The van der Waals surface area contributed by atoms with Crippen LogP contribution in [0.5, 0.6) is 0 Å². The topological polar surface area (TPSA) is 17.8 Å². The molecule has 15 heavy (non-hydrogen) atoms. The van der Waals surface area contributed by atoms with Crippen LogP contribution >= 0.6 is 15.9 Å². The van der Waals surface area contributed by atoms with E-state index in [4.69, 9.17) is 0 Å². The van der Waals surface area contributed by atoms with Gasteiger partial charge in [0.25, 0.3) is 0 Å². The van der Waals surface area contributed by atoms with E-state index in [0.29, 0.717) is 0 Å². The van der Waals surface area contributed by atoms with Crippen molar-refractivity contribution in [1.29, 1.82) is 0 Å². The molecule has 7 heteroatoms. The summed E-state index contributed by atoms with van der Waals surface area (Å²) in [4.78, 5) is 0. The first-order valence-corrected chi connectivity index (χ1v) is 4.86. The highest BCUT2D eigenvalue weighted by Gasteiger charge is 2.41. The van der Waals surface area contributed by atoms with E-state index >= 15 is 0 Å². The molecule has 0 aromatic carbocycles. The number of alkyl halides is 3. The van der Waals surface area contributed by atoms with Crippen LogP contribution in [0.4, 0.5) is 17.6 Å². The molecule has 86 valence electrons. The van der Waals surface area contributed by atoms with Crippen LogP contribution in [0.1, 0.15) is 26.3 Å².